The third-order valence-corrected chi connectivity index (χ3v) is 4.28. The summed E-state index contributed by atoms with van der Waals surface area (Å²) in [5.74, 6) is 1.08. The predicted octanol–water partition coefficient (Wildman–Crippen LogP) is 2.19. The number of hydrogen-bond donors (Lipinski definition) is 1. The first-order valence-electron chi connectivity index (χ1n) is 8.38. The highest BCUT2D eigenvalue weighted by Crippen LogP contribution is 2.19. The number of aliphatic hydroxyl groups excluding tert-OH is 1. The van der Waals surface area contributed by atoms with E-state index in [0.717, 1.165) is 56.2 Å². The summed E-state index contributed by atoms with van der Waals surface area (Å²) in [6.07, 6.45) is 5.41. The predicted molar refractivity (Wildman–Crippen MR) is 89.8 cm³/mol. The topological polar surface area (TPSA) is 50.5 Å². The molecule has 0 saturated carbocycles. The van der Waals surface area contributed by atoms with Crippen molar-refractivity contribution in [2.24, 2.45) is 0 Å². The molecule has 0 amide bonds. The van der Waals surface area contributed by atoms with Gasteiger partial charge in [0.05, 0.1) is 19.3 Å². The molecule has 0 radical (unpaired) electrons. The largest absolute Gasteiger partial charge is 0.387 e. The Morgan fingerprint density at radius 2 is 1.96 bits per heavy atom. The summed E-state index contributed by atoms with van der Waals surface area (Å²) in [6, 6.07) is 8.13. The molecule has 1 fully saturated rings. The van der Waals surface area contributed by atoms with Crippen LogP contribution in [0.25, 0.3) is 5.69 Å². The van der Waals surface area contributed by atoms with E-state index < -0.39 is 6.10 Å². The zero-order valence-electron chi connectivity index (χ0n) is 13.7. The Hall–Kier alpha value is -1.69. The number of nitrogens with zero attached hydrogens (tertiary/aromatic N) is 3. The Morgan fingerprint density at radius 3 is 2.65 bits per heavy atom. The van der Waals surface area contributed by atoms with Gasteiger partial charge in [0.1, 0.15) is 5.82 Å². The maximum absolute atomic E-state index is 10.4. The summed E-state index contributed by atoms with van der Waals surface area (Å²) in [5, 5.41) is 10.4. The maximum atomic E-state index is 10.4. The molecule has 3 rings (SSSR count). The van der Waals surface area contributed by atoms with E-state index in [1.54, 1.807) is 0 Å². The number of aromatic nitrogens is 2. The van der Waals surface area contributed by atoms with Crippen LogP contribution in [0.2, 0.25) is 0 Å². The summed E-state index contributed by atoms with van der Waals surface area (Å²) in [7, 11) is 0. The number of imidazole rings is 1. The molecule has 1 aromatic heterocycles. The first kappa shape index (κ1) is 16.2. The van der Waals surface area contributed by atoms with Crippen LogP contribution in [0.4, 0.5) is 0 Å². The van der Waals surface area contributed by atoms with Crippen LogP contribution in [0.15, 0.2) is 36.7 Å². The highest BCUT2D eigenvalue weighted by atomic mass is 16.5. The summed E-state index contributed by atoms with van der Waals surface area (Å²) in [4.78, 5) is 6.66. The van der Waals surface area contributed by atoms with Gasteiger partial charge in [0.15, 0.2) is 0 Å². The molecule has 5 heteroatoms. The van der Waals surface area contributed by atoms with Gasteiger partial charge in [-0.25, -0.2) is 4.98 Å². The molecule has 0 spiro atoms. The number of hydrogen-bond acceptors (Lipinski definition) is 4. The minimum absolute atomic E-state index is 0.458. The number of β-amino-alcohol motifs (C(OH)–C–C–N with tert-alkyl or cyclic N) is 1. The monoisotopic (exact) mass is 315 g/mol. The van der Waals surface area contributed by atoms with Crippen LogP contribution in [-0.2, 0) is 11.2 Å². The SMILES string of the molecule is CCCc1nccn1-c1ccc([C@@H](O)CN2CCOCC2)cc1. The quantitative estimate of drug-likeness (QED) is 0.888. The van der Waals surface area contributed by atoms with Gasteiger partial charge in [0.25, 0.3) is 0 Å². The van der Waals surface area contributed by atoms with Crippen LogP contribution in [0.3, 0.4) is 0 Å². The van der Waals surface area contributed by atoms with Crippen LogP contribution in [0.5, 0.6) is 0 Å². The van der Waals surface area contributed by atoms with Gasteiger partial charge in [0.2, 0.25) is 0 Å². The van der Waals surface area contributed by atoms with Crippen LogP contribution in [0, 0.1) is 0 Å². The Kier molecular flexibility index (Phi) is 5.43. The minimum atomic E-state index is -0.458. The van der Waals surface area contributed by atoms with Crippen molar-refractivity contribution < 1.29 is 9.84 Å². The van der Waals surface area contributed by atoms with Gasteiger partial charge < -0.3 is 14.4 Å². The smallest absolute Gasteiger partial charge is 0.113 e. The van der Waals surface area contributed by atoms with E-state index in [9.17, 15) is 5.11 Å². The third kappa shape index (κ3) is 3.99. The average molecular weight is 315 g/mol. The van der Waals surface area contributed by atoms with Crippen molar-refractivity contribution in [1.82, 2.24) is 14.5 Å². The Morgan fingerprint density at radius 1 is 1.22 bits per heavy atom. The minimum Gasteiger partial charge on any atom is -0.387 e. The summed E-state index contributed by atoms with van der Waals surface area (Å²) in [6.45, 7) is 6.12. The first-order valence-corrected chi connectivity index (χ1v) is 8.38. The number of rotatable bonds is 6. The van der Waals surface area contributed by atoms with E-state index in [1.807, 2.05) is 24.5 Å². The van der Waals surface area contributed by atoms with Crippen molar-refractivity contribution in [3.63, 3.8) is 0 Å². The van der Waals surface area contributed by atoms with Gasteiger partial charge in [-0.1, -0.05) is 19.1 Å². The molecular weight excluding hydrogens is 290 g/mol. The second-order valence-electron chi connectivity index (χ2n) is 5.98. The fourth-order valence-corrected chi connectivity index (χ4v) is 2.97. The molecule has 0 aliphatic carbocycles. The van der Waals surface area contributed by atoms with Gasteiger partial charge in [0, 0.05) is 44.1 Å². The van der Waals surface area contributed by atoms with E-state index in [-0.39, 0.29) is 0 Å². The van der Waals surface area contributed by atoms with E-state index in [4.69, 9.17) is 4.74 Å². The van der Waals surface area contributed by atoms with E-state index >= 15 is 0 Å². The second-order valence-corrected chi connectivity index (χ2v) is 5.98. The van der Waals surface area contributed by atoms with Gasteiger partial charge in [-0.15, -0.1) is 0 Å². The fourth-order valence-electron chi connectivity index (χ4n) is 2.97. The van der Waals surface area contributed by atoms with Crippen molar-refractivity contribution >= 4 is 0 Å². The molecule has 1 aliphatic rings. The van der Waals surface area contributed by atoms with Crippen LogP contribution in [0.1, 0.15) is 30.8 Å². The normalized spacial score (nSPS) is 17.3. The summed E-state index contributed by atoms with van der Waals surface area (Å²) in [5.41, 5.74) is 2.05. The molecule has 1 aromatic carbocycles. The Balaban J connectivity index is 1.67. The van der Waals surface area contributed by atoms with E-state index in [1.165, 1.54) is 0 Å². The number of benzene rings is 1. The standard InChI is InChI=1S/C18H25N3O2/c1-2-3-18-19-8-9-21(18)16-6-4-15(5-7-16)17(22)14-20-10-12-23-13-11-20/h4-9,17,22H,2-3,10-14H2,1H3/t17-/m0/s1. The molecule has 1 aliphatic heterocycles. The molecule has 2 heterocycles. The molecular formula is C18H25N3O2. The van der Waals surface area contributed by atoms with Gasteiger partial charge >= 0.3 is 0 Å². The van der Waals surface area contributed by atoms with Crippen molar-refractivity contribution in [2.75, 3.05) is 32.8 Å². The molecule has 1 atom stereocenters. The lowest BCUT2D eigenvalue weighted by molar-refractivity contribution is 0.0143. The Labute approximate surface area is 137 Å². The van der Waals surface area contributed by atoms with Crippen LogP contribution < -0.4 is 0 Å². The van der Waals surface area contributed by atoms with Crippen molar-refractivity contribution in [3.05, 3.63) is 48.0 Å². The number of aryl methyl sites for hydroxylation is 1. The maximum Gasteiger partial charge on any atom is 0.113 e. The molecule has 1 N–H and O–H groups in total. The van der Waals surface area contributed by atoms with Crippen molar-refractivity contribution in [3.8, 4) is 5.69 Å². The zero-order valence-corrected chi connectivity index (χ0v) is 13.7. The summed E-state index contributed by atoms with van der Waals surface area (Å²) >= 11 is 0. The summed E-state index contributed by atoms with van der Waals surface area (Å²) < 4.78 is 7.46. The highest BCUT2D eigenvalue weighted by Gasteiger charge is 2.16. The van der Waals surface area contributed by atoms with Crippen molar-refractivity contribution in [1.29, 1.82) is 0 Å². The van der Waals surface area contributed by atoms with Gasteiger partial charge in [-0.3, -0.25) is 4.90 Å². The lowest BCUT2D eigenvalue weighted by Crippen LogP contribution is -2.38. The van der Waals surface area contributed by atoms with Crippen LogP contribution in [-0.4, -0.2) is 52.4 Å². The van der Waals surface area contributed by atoms with E-state index in [0.29, 0.717) is 6.54 Å². The first-order chi connectivity index (χ1) is 11.3. The lowest BCUT2D eigenvalue weighted by atomic mass is 10.1. The highest BCUT2D eigenvalue weighted by molar-refractivity contribution is 5.36. The molecule has 23 heavy (non-hydrogen) atoms. The van der Waals surface area contributed by atoms with E-state index in [2.05, 4.69) is 33.5 Å². The zero-order chi connectivity index (χ0) is 16.1. The average Bonchev–Trinajstić information content (AvgIpc) is 3.04. The van der Waals surface area contributed by atoms with Crippen molar-refractivity contribution in [2.45, 2.75) is 25.9 Å². The lowest BCUT2D eigenvalue weighted by Gasteiger charge is -2.28. The number of aliphatic hydroxyl groups is 1. The molecule has 5 nitrogen and oxygen atoms in total. The molecule has 124 valence electrons. The number of ether oxygens (including phenoxy) is 1. The fraction of sp³-hybridized carbons (Fsp3) is 0.500. The second kappa shape index (κ2) is 7.73. The molecule has 2 aromatic rings. The van der Waals surface area contributed by atoms with Crippen LogP contribution >= 0.6 is 0 Å². The molecule has 1 saturated heterocycles. The van der Waals surface area contributed by atoms with Gasteiger partial charge in [-0.2, -0.15) is 0 Å². The van der Waals surface area contributed by atoms with Gasteiger partial charge in [-0.05, 0) is 24.1 Å². The number of morpholine rings is 1. The molecule has 0 unspecified atom stereocenters. The third-order valence-electron chi connectivity index (χ3n) is 4.28. The molecule has 0 bridgehead atoms. The Bertz CT molecular complexity index is 603.